The van der Waals surface area contributed by atoms with Crippen LogP contribution in [0, 0.1) is 12.7 Å². The summed E-state index contributed by atoms with van der Waals surface area (Å²) < 4.78 is 13.3. The second-order valence-corrected chi connectivity index (χ2v) is 3.50. The van der Waals surface area contributed by atoms with Crippen LogP contribution in [-0.4, -0.2) is 9.97 Å². The SMILES string of the molecule is Cc1ccc(Nc2ccnc(NN)n2)cc1F. The van der Waals surface area contributed by atoms with E-state index in [1.807, 2.05) is 0 Å². The molecule has 0 fully saturated rings. The van der Waals surface area contributed by atoms with E-state index < -0.39 is 0 Å². The van der Waals surface area contributed by atoms with Gasteiger partial charge in [0.25, 0.3) is 0 Å². The van der Waals surface area contributed by atoms with Crippen molar-refractivity contribution in [3.8, 4) is 0 Å². The number of hydrazine groups is 1. The molecule has 0 bridgehead atoms. The number of nitrogens with zero attached hydrogens (tertiary/aromatic N) is 2. The average Bonchev–Trinajstić information content (AvgIpc) is 2.34. The van der Waals surface area contributed by atoms with Gasteiger partial charge in [0.2, 0.25) is 5.95 Å². The lowest BCUT2D eigenvalue weighted by molar-refractivity contribution is 0.619. The zero-order chi connectivity index (χ0) is 12.3. The third-order valence-electron chi connectivity index (χ3n) is 2.23. The maximum absolute atomic E-state index is 13.3. The van der Waals surface area contributed by atoms with Crippen LogP contribution in [-0.2, 0) is 0 Å². The van der Waals surface area contributed by atoms with Crippen LogP contribution in [0.1, 0.15) is 5.56 Å². The van der Waals surface area contributed by atoms with E-state index in [0.717, 1.165) is 0 Å². The molecule has 2 rings (SSSR count). The molecule has 0 radical (unpaired) electrons. The molecular weight excluding hydrogens is 221 g/mol. The summed E-state index contributed by atoms with van der Waals surface area (Å²) in [7, 11) is 0. The lowest BCUT2D eigenvalue weighted by atomic mass is 10.2. The molecule has 2 aromatic rings. The number of hydrogen-bond donors (Lipinski definition) is 3. The van der Waals surface area contributed by atoms with Gasteiger partial charge in [0.1, 0.15) is 11.6 Å². The van der Waals surface area contributed by atoms with Gasteiger partial charge < -0.3 is 5.32 Å². The van der Waals surface area contributed by atoms with Gasteiger partial charge in [0.05, 0.1) is 0 Å². The topological polar surface area (TPSA) is 75.9 Å². The highest BCUT2D eigenvalue weighted by molar-refractivity contribution is 5.57. The van der Waals surface area contributed by atoms with Crippen molar-refractivity contribution >= 4 is 17.5 Å². The highest BCUT2D eigenvalue weighted by Crippen LogP contribution is 2.17. The minimum Gasteiger partial charge on any atom is -0.340 e. The third-order valence-corrected chi connectivity index (χ3v) is 2.23. The van der Waals surface area contributed by atoms with Crippen molar-refractivity contribution in [2.45, 2.75) is 6.92 Å². The zero-order valence-electron chi connectivity index (χ0n) is 9.24. The quantitative estimate of drug-likeness (QED) is 0.558. The van der Waals surface area contributed by atoms with Gasteiger partial charge in [-0.3, -0.25) is 5.43 Å². The Morgan fingerprint density at radius 3 is 2.82 bits per heavy atom. The van der Waals surface area contributed by atoms with E-state index in [1.54, 1.807) is 31.3 Å². The van der Waals surface area contributed by atoms with Gasteiger partial charge in [-0.25, -0.2) is 15.2 Å². The minimum absolute atomic E-state index is 0.263. The number of hydrogen-bond acceptors (Lipinski definition) is 5. The summed E-state index contributed by atoms with van der Waals surface area (Å²) in [4.78, 5) is 7.93. The van der Waals surface area contributed by atoms with Gasteiger partial charge >= 0.3 is 0 Å². The lowest BCUT2D eigenvalue weighted by Crippen LogP contribution is -2.10. The Morgan fingerprint density at radius 1 is 1.29 bits per heavy atom. The van der Waals surface area contributed by atoms with Gasteiger partial charge in [-0.1, -0.05) is 6.07 Å². The first-order valence-electron chi connectivity index (χ1n) is 5.02. The molecule has 0 aliphatic rings. The molecule has 17 heavy (non-hydrogen) atoms. The summed E-state index contributed by atoms with van der Waals surface area (Å²) in [6, 6.07) is 6.54. The maximum Gasteiger partial charge on any atom is 0.239 e. The first-order valence-corrected chi connectivity index (χ1v) is 5.02. The molecule has 0 atom stereocenters. The second kappa shape index (κ2) is 4.75. The zero-order valence-corrected chi connectivity index (χ0v) is 9.24. The molecular formula is C11H12FN5. The van der Waals surface area contributed by atoms with Gasteiger partial charge in [0, 0.05) is 11.9 Å². The first kappa shape index (κ1) is 11.3. The van der Waals surface area contributed by atoms with E-state index in [1.165, 1.54) is 6.07 Å². The van der Waals surface area contributed by atoms with Crippen molar-refractivity contribution in [3.63, 3.8) is 0 Å². The number of halogens is 1. The number of rotatable bonds is 3. The van der Waals surface area contributed by atoms with Crippen LogP contribution in [0.15, 0.2) is 30.5 Å². The lowest BCUT2D eigenvalue weighted by Gasteiger charge is -2.07. The fourth-order valence-electron chi connectivity index (χ4n) is 1.32. The van der Waals surface area contributed by atoms with E-state index in [-0.39, 0.29) is 5.82 Å². The van der Waals surface area contributed by atoms with Crippen LogP contribution in [0.5, 0.6) is 0 Å². The van der Waals surface area contributed by atoms with Crippen LogP contribution in [0.25, 0.3) is 0 Å². The van der Waals surface area contributed by atoms with E-state index in [9.17, 15) is 4.39 Å². The summed E-state index contributed by atoms with van der Waals surface area (Å²) in [5.41, 5.74) is 3.56. The number of benzene rings is 1. The monoisotopic (exact) mass is 233 g/mol. The predicted molar refractivity (Wildman–Crippen MR) is 64.3 cm³/mol. The number of aryl methyl sites for hydroxylation is 1. The molecule has 6 heteroatoms. The van der Waals surface area contributed by atoms with E-state index in [2.05, 4.69) is 20.7 Å². The molecule has 1 aromatic heterocycles. The number of aromatic nitrogens is 2. The van der Waals surface area contributed by atoms with Crippen molar-refractivity contribution < 1.29 is 4.39 Å². The fourth-order valence-corrected chi connectivity index (χ4v) is 1.32. The minimum atomic E-state index is -0.263. The smallest absolute Gasteiger partial charge is 0.239 e. The van der Waals surface area contributed by atoms with Crippen LogP contribution in [0.2, 0.25) is 0 Å². The summed E-state index contributed by atoms with van der Waals surface area (Å²) in [6.45, 7) is 1.71. The van der Waals surface area contributed by atoms with Crippen LogP contribution in [0.3, 0.4) is 0 Å². The molecule has 88 valence electrons. The normalized spacial score (nSPS) is 10.1. The van der Waals surface area contributed by atoms with Crippen molar-refractivity contribution in [2.24, 2.45) is 5.84 Å². The van der Waals surface area contributed by atoms with Crippen LogP contribution < -0.4 is 16.6 Å². The standard InChI is InChI=1S/C11H12FN5/c1-7-2-3-8(6-9(7)12)15-10-4-5-14-11(16-10)17-13/h2-6H,13H2,1H3,(H2,14,15,16,17). The highest BCUT2D eigenvalue weighted by Gasteiger charge is 2.01. The Bertz CT molecular complexity index is 529. The van der Waals surface area contributed by atoms with E-state index >= 15 is 0 Å². The molecule has 0 unspecified atom stereocenters. The van der Waals surface area contributed by atoms with Crippen molar-refractivity contribution in [2.75, 3.05) is 10.7 Å². The molecule has 1 heterocycles. The molecule has 4 N–H and O–H groups in total. The van der Waals surface area contributed by atoms with Gasteiger partial charge in [-0.05, 0) is 30.7 Å². The molecule has 5 nitrogen and oxygen atoms in total. The van der Waals surface area contributed by atoms with Crippen LogP contribution >= 0.6 is 0 Å². The maximum atomic E-state index is 13.3. The van der Waals surface area contributed by atoms with Crippen LogP contribution in [0.4, 0.5) is 21.8 Å². The molecule has 0 saturated heterocycles. The molecule has 1 aromatic carbocycles. The average molecular weight is 233 g/mol. The Kier molecular flexibility index (Phi) is 3.15. The Balaban J connectivity index is 2.22. The number of nitrogens with two attached hydrogens (primary N) is 1. The second-order valence-electron chi connectivity index (χ2n) is 3.50. The number of nitrogen functional groups attached to an aromatic ring is 1. The Hall–Kier alpha value is -2.21. The Morgan fingerprint density at radius 2 is 2.12 bits per heavy atom. The molecule has 0 amide bonds. The molecule has 0 aliphatic carbocycles. The third kappa shape index (κ3) is 2.67. The van der Waals surface area contributed by atoms with Crippen molar-refractivity contribution in [1.29, 1.82) is 0 Å². The summed E-state index contributed by atoms with van der Waals surface area (Å²) in [6.07, 6.45) is 1.55. The van der Waals surface area contributed by atoms with Crippen molar-refractivity contribution in [3.05, 3.63) is 41.8 Å². The number of nitrogens with one attached hydrogen (secondary N) is 2. The van der Waals surface area contributed by atoms with Gasteiger partial charge in [-0.15, -0.1) is 0 Å². The highest BCUT2D eigenvalue weighted by atomic mass is 19.1. The molecule has 0 spiro atoms. The van der Waals surface area contributed by atoms with Crippen molar-refractivity contribution in [1.82, 2.24) is 9.97 Å². The molecule has 0 aliphatic heterocycles. The predicted octanol–water partition coefficient (Wildman–Crippen LogP) is 1.95. The fraction of sp³-hybridized carbons (Fsp3) is 0.0909. The summed E-state index contributed by atoms with van der Waals surface area (Å²) >= 11 is 0. The summed E-state index contributed by atoms with van der Waals surface area (Å²) in [5, 5.41) is 2.96. The van der Waals surface area contributed by atoms with E-state index in [0.29, 0.717) is 23.0 Å². The molecule has 0 saturated carbocycles. The number of anilines is 3. The van der Waals surface area contributed by atoms with Gasteiger partial charge in [-0.2, -0.15) is 4.98 Å². The largest absolute Gasteiger partial charge is 0.340 e. The Labute approximate surface area is 97.9 Å². The summed E-state index contributed by atoms with van der Waals surface area (Å²) in [5.74, 6) is 5.76. The van der Waals surface area contributed by atoms with Gasteiger partial charge in [0.15, 0.2) is 0 Å². The first-order chi connectivity index (χ1) is 8.19. The van der Waals surface area contributed by atoms with E-state index in [4.69, 9.17) is 5.84 Å².